The van der Waals surface area contributed by atoms with Crippen LogP contribution >= 0.6 is 15.9 Å². The van der Waals surface area contributed by atoms with Crippen molar-refractivity contribution < 1.29 is 9.90 Å². The molecule has 0 aromatic heterocycles. The molecule has 2 fully saturated rings. The number of benzene rings is 1. The summed E-state index contributed by atoms with van der Waals surface area (Å²) in [7, 11) is 0. The molecule has 1 aliphatic carbocycles. The van der Waals surface area contributed by atoms with Gasteiger partial charge in [-0.15, -0.1) is 0 Å². The van der Waals surface area contributed by atoms with Crippen LogP contribution in [0.25, 0.3) is 0 Å². The lowest BCUT2D eigenvalue weighted by molar-refractivity contribution is -0.137. The molecule has 0 bridgehead atoms. The van der Waals surface area contributed by atoms with Crippen molar-refractivity contribution in [1.29, 1.82) is 0 Å². The zero-order valence-electron chi connectivity index (χ0n) is 14.3. The maximum atomic E-state index is 12.2. The lowest BCUT2D eigenvalue weighted by Crippen LogP contribution is -2.49. The van der Waals surface area contributed by atoms with Crippen molar-refractivity contribution >= 4 is 33.7 Å². The van der Waals surface area contributed by atoms with Gasteiger partial charge in [-0.1, -0.05) is 15.9 Å². The highest BCUT2D eigenvalue weighted by Gasteiger charge is 2.41. The number of nitrogens with zero attached hydrogens (tertiary/aromatic N) is 3. The first-order chi connectivity index (χ1) is 12.0. The summed E-state index contributed by atoms with van der Waals surface area (Å²) in [5, 5.41) is 17.6. The van der Waals surface area contributed by atoms with Gasteiger partial charge in [0.1, 0.15) is 0 Å². The second-order valence-electron chi connectivity index (χ2n) is 7.54. The number of piperidine rings is 1. The summed E-state index contributed by atoms with van der Waals surface area (Å²) in [6, 6.07) is 8.28. The van der Waals surface area contributed by atoms with Crippen LogP contribution in [0, 0.1) is 5.92 Å². The highest BCUT2D eigenvalue weighted by molar-refractivity contribution is 9.10. The third-order valence-corrected chi connectivity index (χ3v) is 6.10. The Labute approximate surface area is 156 Å². The predicted molar refractivity (Wildman–Crippen MR) is 102 cm³/mol. The monoisotopic (exact) mass is 405 g/mol. The number of carbonyl (C=O) groups is 1. The molecule has 1 aromatic rings. The van der Waals surface area contributed by atoms with Crippen molar-refractivity contribution in [2.75, 3.05) is 18.1 Å². The fourth-order valence-electron chi connectivity index (χ4n) is 3.87. The van der Waals surface area contributed by atoms with Crippen LogP contribution in [0.1, 0.15) is 38.5 Å². The summed E-state index contributed by atoms with van der Waals surface area (Å²) in [4.78, 5) is 14.1. The van der Waals surface area contributed by atoms with Crippen LogP contribution in [0.4, 0.5) is 5.69 Å². The molecular weight excluding hydrogens is 382 g/mol. The van der Waals surface area contributed by atoms with Gasteiger partial charge in [0.2, 0.25) is 5.91 Å². The first-order valence-corrected chi connectivity index (χ1v) is 9.92. The molecule has 0 radical (unpaired) electrons. The minimum Gasteiger partial charge on any atom is -0.390 e. The van der Waals surface area contributed by atoms with Gasteiger partial charge < -0.3 is 10.0 Å². The maximum Gasteiger partial charge on any atom is 0.225 e. The van der Waals surface area contributed by atoms with E-state index in [1.165, 1.54) is 0 Å². The van der Waals surface area contributed by atoms with E-state index in [-0.39, 0.29) is 12.0 Å². The van der Waals surface area contributed by atoms with E-state index in [1.54, 1.807) is 0 Å². The number of rotatable bonds is 4. The zero-order valence-corrected chi connectivity index (χ0v) is 15.9. The smallest absolute Gasteiger partial charge is 0.225 e. The molecule has 5 nitrogen and oxygen atoms in total. The first kappa shape index (κ1) is 17.0. The average molecular weight is 406 g/mol. The maximum absolute atomic E-state index is 12.2. The number of hydrogen-bond acceptors (Lipinski definition) is 4. The van der Waals surface area contributed by atoms with Crippen molar-refractivity contribution in [1.82, 2.24) is 4.90 Å². The van der Waals surface area contributed by atoms with Gasteiger partial charge in [-0.25, -0.2) is 0 Å². The number of carbonyl (C=O) groups excluding carboxylic acids is 1. The normalized spacial score (nSPS) is 25.4. The predicted octanol–water partition coefficient (Wildman–Crippen LogP) is 3.17. The van der Waals surface area contributed by atoms with Gasteiger partial charge in [0, 0.05) is 36.1 Å². The molecule has 25 heavy (non-hydrogen) atoms. The number of likely N-dealkylation sites (tertiary alicyclic amines) is 1. The molecule has 1 N–H and O–H groups in total. The molecule has 2 heterocycles. The molecule has 1 saturated carbocycles. The fraction of sp³-hybridized carbons (Fsp3) is 0.579. The number of anilines is 1. The van der Waals surface area contributed by atoms with Crippen molar-refractivity contribution in [2.45, 2.75) is 50.2 Å². The van der Waals surface area contributed by atoms with E-state index in [4.69, 9.17) is 0 Å². The Morgan fingerprint density at radius 1 is 1.24 bits per heavy atom. The molecule has 1 atom stereocenters. The molecule has 1 amide bonds. The molecule has 3 aliphatic rings. The molecule has 1 saturated heterocycles. The van der Waals surface area contributed by atoms with Gasteiger partial charge in [0.15, 0.2) is 0 Å². The molecule has 2 aliphatic heterocycles. The Morgan fingerprint density at radius 3 is 2.56 bits per heavy atom. The van der Waals surface area contributed by atoms with Gasteiger partial charge in [-0.2, -0.15) is 5.10 Å². The van der Waals surface area contributed by atoms with Crippen LogP contribution in [-0.2, 0) is 4.79 Å². The third-order valence-electron chi connectivity index (χ3n) is 5.57. The minimum absolute atomic E-state index is 0.178. The van der Waals surface area contributed by atoms with Gasteiger partial charge in [-0.3, -0.25) is 9.80 Å². The Hall–Kier alpha value is -1.40. The van der Waals surface area contributed by atoms with Crippen LogP contribution in [0.15, 0.2) is 33.8 Å². The van der Waals surface area contributed by atoms with Crippen LogP contribution < -0.4 is 5.01 Å². The minimum atomic E-state index is -0.702. The van der Waals surface area contributed by atoms with Crippen LogP contribution in [0.5, 0.6) is 0 Å². The fourth-order valence-corrected chi connectivity index (χ4v) is 4.13. The van der Waals surface area contributed by atoms with Crippen molar-refractivity contribution in [3.8, 4) is 0 Å². The lowest BCUT2D eigenvalue weighted by Gasteiger charge is -2.40. The average Bonchev–Trinajstić information content (AvgIpc) is 3.36. The Bertz CT molecular complexity index is 664. The SMILES string of the molecule is O=C(C1CC1)N1CCC(O)(CC2CC=NN2c2ccc(Br)cc2)CC1. The second-order valence-corrected chi connectivity index (χ2v) is 8.45. The lowest BCUT2D eigenvalue weighted by atomic mass is 9.84. The van der Waals surface area contributed by atoms with E-state index in [1.807, 2.05) is 40.4 Å². The first-order valence-electron chi connectivity index (χ1n) is 9.12. The number of amides is 1. The van der Waals surface area contributed by atoms with Gasteiger partial charge >= 0.3 is 0 Å². The summed E-state index contributed by atoms with van der Waals surface area (Å²) in [6.45, 7) is 1.36. The third kappa shape index (κ3) is 3.75. The van der Waals surface area contributed by atoms with E-state index in [9.17, 15) is 9.90 Å². The Morgan fingerprint density at radius 2 is 1.92 bits per heavy atom. The van der Waals surface area contributed by atoms with E-state index >= 15 is 0 Å². The molecule has 4 rings (SSSR count). The van der Waals surface area contributed by atoms with Crippen LogP contribution in [0.2, 0.25) is 0 Å². The van der Waals surface area contributed by atoms with E-state index < -0.39 is 5.60 Å². The summed E-state index contributed by atoms with van der Waals surface area (Å²) < 4.78 is 1.04. The van der Waals surface area contributed by atoms with Crippen LogP contribution in [0.3, 0.4) is 0 Å². The molecule has 1 unspecified atom stereocenters. The summed E-state index contributed by atoms with van der Waals surface area (Å²) >= 11 is 3.46. The number of aliphatic hydroxyl groups is 1. The molecule has 6 heteroatoms. The van der Waals surface area contributed by atoms with Crippen molar-refractivity contribution in [3.63, 3.8) is 0 Å². The van der Waals surface area contributed by atoms with Crippen molar-refractivity contribution in [3.05, 3.63) is 28.7 Å². The quantitative estimate of drug-likeness (QED) is 0.836. The highest BCUT2D eigenvalue weighted by Crippen LogP contribution is 2.36. The van der Waals surface area contributed by atoms with Crippen LogP contribution in [-0.4, -0.2) is 46.9 Å². The Balaban J connectivity index is 1.37. The van der Waals surface area contributed by atoms with Crippen molar-refractivity contribution in [2.24, 2.45) is 11.0 Å². The number of halogens is 1. The number of hydrogen-bond donors (Lipinski definition) is 1. The topological polar surface area (TPSA) is 56.1 Å². The van der Waals surface area contributed by atoms with Gasteiger partial charge in [0.05, 0.1) is 17.3 Å². The standard InChI is InChI=1S/C19H24BrN3O2/c20-15-3-5-16(6-4-15)23-17(7-10-21-23)13-19(25)8-11-22(12-9-19)18(24)14-1-2-14/h3-6,10,14,17,25H,1-2,7-9,11-13H2. The van der Waals surface area contributed by atoms with E-state index in [0.717, 1.165) is 29.4 Å². The second kappa shape index (κ2) is 6.72. The molecule has 134 valence electrons. The molecule has 0 spiro atoms. The number of hydrazone groups is 1. The zero-order chi connectivity index (χ0) is 17.4. The largest absolute Gasteiger partial charge is 0.390 e. The van der Waals surface area contributed by atoms with Gasteiger partial charge in [-0.05, 0) is 56.4 Å². The summed E-state index contributed by atoms with van der Waals surface area (Å²) in [5.74, 6) is 0.560. The molecule has 1 aromatic carbocycles. The van der Waals surface area contributed by atoms with Gasteiger partial charge in [0.25, 0.3) is 0 Å². The van der Waals surface area contributed by atoms with E-state index in [2.05, 4.69) is 21.0 Å². The summed E-state index contributed by atoms with van der Waals surface area (Å²) in [6.07, 6.45) is 6.88. The summed E-state index contributed by atoms with van der Waals surface area (Å²) in [5.41, 5.74) is 0.346. The van der Waals surface area contributed by atoms with E-state index in [0.29, 0.717) is 38.3 Å². The highest BCUT2D eigenvalue weighted by atomic mass is 79.9. The molecular formula is C19H24BrN3O2. The Kier molecular flexibility index (Phi) is 4.58.